The number of thiophene rings is 1. The van der Waals surface area contributed by atoms with Gasteiger partial charge in [-0.2, -0.15) is 0 Å². The normalized spacial score (nSPS) is 22.3. The molecule has 2 aromatic rings. The minimum atomic E-state index is 0.0722. The molecule has 0 aromatic carbocycles. The molecule has 0 aliphatic carbocycles. The van der Waals surface area contributed by atoms with Crippen molar-refractivity contribution in [1.82, 2.24) is 15.2 Å². The molecular weight excluding hydrogens is 302 g/mol. The Morgan fingerprint density at radius 3 is 3.10 bits per heavy atom. The van der Waals surface area contributed by atoms with Crippen LogP contribution in [-0.2, 0) is 17.8 Å². The predicted molar refractivity (Wildman–Crippen MR) is 85.7 cm³/mol. The molecule has 1 amide bonds. The molecule has 2 aliphatic heterocycles. The van der Waals surface area contributed by atoms with Crippen LogP contribution in [0.2, 0.25) is 0 Å². The first-order chi connectivity index (χ1) is 10.2. The summed E-state index contributed by atoms with van der Waals surface area (Å²) in [6.45, 7) is 4.75. The average Bonchev–Trinajstić information content (AvgIpc) is 3.16. The van der Waals surface area contributed by atoms with Crippen molar-refractivity contribution in [2.24, 2.45) is 0 Å². The quantitative estimate of drug-likeness (QED) is 0.925. The highest BCUT2D eigenvalue weighted by Crippen LogP contribution is 2.35. The van der Waals surface area contributed by atoms with Crippen molar-refractivity contribution in [1.29, 1.82) is 0 Å². The van der Waals surface area contributed by atoms with Crippen molar-refractivity contribution in [3.63, 3.8) is 0 Å². The van der Waals surface area contributed by atoms with Crippen molar-refractivity contribution < 1.29 is 4.79 Å². The number of thiazole rings is 1. The SMILES string of the molecule is Cc1nc(-c2cc3c(s2)CCN([C@@H]2CCNC2=O)C3)cs1. The second kappa shape index (κ2) is 5.19. The Kier molecular flexibility index (Phi) is 3.32. The maximum Gasteiger partial charge on any atom is 0.237 e. The summed E-state index contributed by atoms with van der Waals surface area (Å²) in [5.41, 5.74) is 2.48. The van der Waals surface area contributed by atoms with Crippen LogP contribution in [0.4, 0.5) is 0 Å². The molecule has 0 unspecified atom stereocenters. The lowest BCUT2D eigenvalue weighted by Gasteiger charge is -2.30. The maximum atomic E-state index is 11.9. The van der Waals surface area contributed by atoms with Crippen LogP contribution in [-0.4, -0.2) is 34.9 Å². The maximum absolute atomic E-state index is 11.9. The molecule has 110 valence electrons. The summed E-state index contributed by atoms with van der Waals surface area (Å²) < 4.78 is 0. The van der Waals surface area contributed by atoms with Crippen molar-refractivity contribution in [3.05, 3.63) is 26.9 Å². The second-order valence-corrected chi connectivity index (χ2v) is 7.83. The average molecular weight is 319 g/mol. The fourth-order valence-corrected chi connectivity index (χ4v) is 4.96. The molecule has 1 atom stereocenters. The zero-order valence-corrected chi connectivity index (χ0v) is 13.5. The minimum Gasteiger partial charge on any atom is -0.355 e. The van der Waals surface area contributed by atoms with Crippen LogP contribution in [0.5, 0.6) is 0 Å². The number of rotatable bonds is 2. The van der Waals surface area contributed by atoms with Crippen molar-refractivity contribution in [2.45, 2.75) is 32.4 Å². The van der Waals surface area contributed by atoms with Crippen LogP contribution in [0.25, 0.3) is 10.6 Å². The van der Waals surface area contributed by atoms with Gasteiger partial charge in [-0.25, -0.2) is 4.98 Å². The summed E-state index contributed by atoms with van der Waals surface area (Å²) in [6.07, 6.45) is 1.99. The molecule has 4 rings (SSSR count). The van der Waals surface area contributed by atoms with Gasteiger partial charge in [-0.1, -0.05) is 0 Å². The highest BCUT2D eigenvalue weighted by molar-refractivity contribution is 7.16. The van der Waals surface area contributed by atoms with Crippen LogP contribution in [0.3, 0.4) is 0 Å². The Hall–Kier alpha value is -1.24. The van der Waals surface area contributed by atoms with Gasteiger partial charge in [-0.3, -0.25) is 9.69 Å². The lowest BCUT2D eigenvalue weighted by Crippen LogP contribution is -2.43. The molecule has 0 saturated carbocycles. The Morgan fingerprint density at radius 1 is 1.48 bits per heavy atom. The molecule has 0 radical (unpaired) electrons. The van der Waals surface area contributed by atoms with Crippen LogP contribution < -0.4 is 5.32 Å². The fourth-order valence-electron chi connectivity index (χ4n) is 3.15. The van der Waals surface area contributed by atoms with Gasteiger partial charge < -0.3 is 5.32 Å². The Balaban J connectivity index is 1.58. The Morgan fingerprint density at radius 2 is 2.38 bits per heavy atom. The molecule has 1 saturated heterocycles. The topological polar surface area (TPSA) is 45.2 Å². The Bertz CT molecular complexity index is 691. The van der Waals surface area contributed by atoms with Gasteiger partial charge in [0.2, 0.25) is 5.91 Å². The van der Waals surface area contributed by atoms with Gasteiger partial charge in [0.05, 0.1) is 21.6 Å². The monoisotopic (exact) mass is 319 g/mol. The molecule has 2 aliphatic rings. The molecule has 4 nitrogen and oxygen atoms in total. The van der Waals surface area contributed by atoms with Gasteiger partial charge in [0.1, 0.15) is 0 Å². The zero-order valence-electron chi connectivity index (χ0n) is 11.9. The van der Waals surface area contributed by atoms with Crippen LogP contribution >= 0.6 is 22.7 Å². The van der Waals surface area contributed by atoms with E-state index in [0.717, 1.165) is 43.2 Å². The first kappa shape index (κ1) is 13.4. The number of amides is 1. The Labute approximate surface area is 131 Å². The van der Waals surface area contributed by atoms with Gasteiger partial charge in [-0.05, 0) is 31.4 Å². The number of carbonyl (C=O) groups is 1. The minimum absolute atomic E-state index is 0.0722. The molecule has 0 spiro atoms. The molecule has 6 heteroatoms. The van der Waals surface area contributed by atoms with Gasteiger partial charge in [0, 0.05) is 29.9 Å². The molecule has 0 bridgehead atoms. The summed E-state index contributed by atoms with van der Waals surface area (Å²) in [4.78, 5) is 21.5. The number of hydrogen-bond donors (Lipinski definition) is 1. The van der Waals surface area contributed by atoms with E-state index >= 15 is 0 Å². The van der Waals surface area contributed by atoms with Crippen molar-refractivity contribution in [3.8, 4) is 10.6 Å². The first-order valence-electron chi connectivity index (χ1n) is 7.26. The third-order valence-electron chi connectivity index (χ3n) is 4.23. The zero-order chi connectivity index (χ0) is 14.4. The summed E-state index contributed by atoms with van der Waals surface area (Å²) in [5, 5.41) is 6.18. The number of aromatic nitrogens is 1. The number of carbonyl (C=O) groups excluding carboxylic acids is 1. The van der Waals surface area contributed by atoms with Gasteiger partial charge in [-0.15, -0.1) is 22.7 Å². The fraction of sp³-hybridized carbons (Fsp3) is 0.467. The van der Waals surface area contributed by atoms with Crippen molar-refractivity contribution >= 4 is 28.6 Å². The predicted octanol–water partition coefficient (Wildman–Crippen LogP) is 2.43. The number of fused-ring (bicyclic) bond motifs is 1. The van der Waals surface area contributed by atoms with Gasteiger partial charge in [0.25, 0.3) is 0 Å². The molecule has 2 aromatic heterocycles. The van der Waals surface area contributed by atoms with Crippen LogP contribution in [0, 0.1) is 6.92 Å². The lowest BCUT2D eigenvalue weighted by molar-refractivity contribution is -0.124. The van der Waals surface area contributed by atoms with E-state index in [0.29, 0.717) is 0 Å². The third-order valence-corrected chi connectivity index (χ3v) is 6.26. The van der Waals surface area contributed by atoms with E-state index < -0.39 is 0 Å². The van der Waals surface area contributed by atoms with E-state index in [1.165, 1.54) is 15.3 Å². The third kappa shape index (κ3) is 2.41. The lowest BCUT2D eigenvalue weighted by atomic mass is 10.1. The number of nitrogens with zero attached hydrogens (tertiary/aromatic N) is 2. The summed E-state index contributed by atoms with van der Waals surface area (Å²) in [5.74, 6) is 0.198. The summed E-state index contributed by atoms with van der Waals surface area (Å²) >= 11 is 3.56. The molecule has 4 heterocycles. The highest BCUT2D eigenvalue weighted by atomic mass is 32.1. The number of nitrogens with one attached hydrogen (secondary N) is 1. The largest absolute Gasteiger partial charge is 0.355 e. The van der Waals surface area contributed by atoms with E-state index in [4.69, 9.17) is 0 Å². The van der Waals surface area contributed by atoms with Crippen LogP contribution in [0.15, 0.2) is 11.4 Å². The van der Waals surface area contributed by atoms with E-state index in [2.05, 4.69) is 26.6 Å². The van der Waals surface area contributed by atoms with Gasteiger partial charge >= 0.3 is 0 Å². The summed E-state index contributed by atoms with van der Waals surface area (Å²) in [7, 11) is 0. The van der Waals surface area contributed by atoms with E-state index in [-0.39, 0.29) is 11.9 Å². The van der Waals surface area contributed by atoms with Crippen LogP contribution in [0.1, 0.15) is 21.9 Å². The molecule has 1 fully saturated rings. The van der Waals surface area contributed by atoms with E-state index in [9.17, 15) is 4.79 Å². The second-order valence-electron chi connectivity index (χ2n) is 5.63. The summed E-state index contributed by atoms with van der Waals surface area (Å²) in [6, 6.07) is 2.34. The van der Waals surface area contributed by atoms with E-state index in [1.807, 2.05) is 18.3 Å². The molecule has 21 heavy (non-hydrogen) atoms. The van der Waals surface area contributed by atoms with E-state index in [1.54, 1.807) is 11.3 Å². The molecule has 1 N–H and O–H groups in total. The van der Waals surface area contributed by atoms with Gasteiger partial charge in [0.15, 0.2) is 0 Å². The molecular formula is C15H17N3OS2. The highest BCUT2D eigenvalue weighted by Gasteiger charge is 2.32. The standard InChI is InChI=1S/C15H17N3OS2/c1-9-17-11(8-20-9)14-6-10-7-18(5-3-13(10)21-14)12-2-4-16-15(12)19/h6,8,12H,2-5,7H2,1H3,(H,16,19)/t12-/m1/s1. The first-order valence-corrected chi connectivity index (χ1v) is 8.96. The van der Waals surface area contributed by atoms with Crippen molar-refractivity contribution in [2.75, 3.05) is 13.1 Å². The smallest absolute Gasteiger partial charge is 0.237 e. The number of hydrogen-bond acceptors (Lipinski definition) is 5. The number of aryl methyl sites for hydroxylation is 1.